The second kappa shape index (κ2) is 0.512. The Bertz CT molecular complexity index is 122. The van der Waals surface area contributed by atoms with E-state index in [4.69, 9.17) is 0 Å². The first-order valence-electron chi connectivity index (χ1n) is 1.11. The predicted molar refractivity (Wildman–Crippen MR) is 13.7 cm³/mol. The van der Waals surface area contributed by atoms with Gasteiger partial charge in [-0.25, -0.2) is 4.79 Å². The maximum absolute atomic E-state index is 9.55. The second-order valence-corrected chi connectivity index (χ2v) is 0.635. The summed E-state index contributed by atoms with van der Waals surface area (Å²) in [7, 11) is 0. The molecule has 1 aromatic rings. The Balaban J connectivity index is 3.29. The highest BCUT2D eigenvalue weighted by Gasteiger charge is 1.73. The molecule has 4 nitrogen and oxygen atoms in total. The average molecular weight is 74.0 g/mol. The van der Waals surface area contributed by atoms with Crippen LogP contribution in [0.25, 0.3) is 0 Å². The maximum Gasteiger partial charge on any atom is 0.384 e. The molecule has 0 spiro atoms. The van der Waals surface area contributed by atoms with Crippen LogP contribution < -0.4 is 5.69 Å². The van der Waals surface area contributed by atoms with Gasteiger partial charge in [0.2, 0.25) is 0 Å². The Labute approximate surface area is 26.7 Å². The summed E-state index contributed by atoms with van der Waals surface area (Å²) in [5, 5.41) is 3.92. The van der Waals surface area contributed by atoms with Crippen LogP contribution in [0.4, 0.5) is 0 Å². The van der Waals surface area contributed by atoms with Crippen LogP contribution in [-0.4, -0.2) is 10.3 Å². The minimum absolute atomic E-state index is 0.287. The van der Waals surface area contributed by atoms with Crippen LogP contribution in [0.3, 0.4) is 0 Å². The van der Waals surface area contributed by atoms with Crippen molar-refractivity contribution < 1.29 is 4.63 Å². The van der Waals surface area contributed by atoms with E-state index in [2.05, 4.69) is 4.63 Å². The molecule has 4 heteroatoms. The van der Waals surface area contributed by atoms with E-state index in [1.54, 1.807) is 0 Å². The lowest BCUT2D eigenvalue weighted by atomic mass is 11.3. The first-order chi connectivity index (χ1) is 2.39. The van der Waals surface area contributed by atoms with Gasteiger partial charge in [0.1, 0.15) is 0 Å². The monoisotopic (exact) mass is 74.0 g/mol. The Morgan fingerprint density at radius 1 is 1.60 bits per heavy atom. The number of aromatic nitrogens is 2. The van der Waals surface area contributed by atoms with Crippen LogP contribution in [0.2, 0.25) is 0 Å². The lowest BCUT2D eigenvalue weighted by Crippen LogP contribution is -2.13. The third-order valence-electron chi connectivity index (χ3n) is 0.287. The number of hydrogen-bond donors (Lipinski definition) is 2. The van der Waals surface area contributed by atoms with Crippen LogP contribution in [0.1, 0.15) is 0 Å². The van der Waals surface area contributed by atoms with E-state index in [-0.39, 0.29) is 5.69 Å². The summed E-state index contributed by atoms with van der Waals surface area (Å²) in [5.74, 6) is 0. The fraction of sp³-hybridized carbons (Fsp3) is 0. The smallest absolute Gasteiger partial charge is 0.288 e. The summed E-state index contributed by atoms with van der Waals surface area (Å²) in [6.07, 6.45) is 0. The number of hydrogen-bond acceptors (Lipinski definition) is 2. The van der Waals surface area contributed by atoms with Crippen LogP contribution in [0.15, 0.2) is 9.42 Å². The van der Waals surface area contributed by atoms with Gasteiger partial charge in [0.15, 0.2) is 0 Å². The Kier molecular flexibility index (Phi) is 0.237. The molecule has 0 aliphatic heterocycles. The standard InChI is InChI=1S/CH2N2O2/c4-1-2-5-3-1/h(H2,2,3,4). The molecule has 0 saturated heterocycles. The normalized spacial score (nSPS) is 8.80. The zero-order valence-corrected chi connectivity index (χ0v) is 2.32. The lowest BCUT2D eigenvalue weighted by molar-refractivity contribution is 0.202. The van der Waals surface area contributed by atoms with Crippen molar-refractivity contribution >= 4 is 0 Å². The van der Waals surface area contributed by atoms with Gasteiger partial charge in [0.05, 0.1) is 0 Å². The molecular weight excluding hydrogens is 72.0 g/mol. The zero-order chi connectivity index (χ0) is 3.70. The number of H-pyrrole nitrogens is 2. The van der Waals surface area contributed by atoms with E-state index < -0.39 is 0 Å². The van der Waals surface area contributed by atoms with Crippen molar-refractivity contribution in [1.29, 1.82) is 0 Å². The van der Waals surface area contributed by atoms with Gasteiger partial charge in [-0.15, -0.1) is 10.3 Å². The quantitative estimate of drug-likeness (QED) is 0.427. The van der Waals surface area contributed by atoms with Crippen LogP contribution in [-0.2, 0) is 0 Å². The van der Waals surface area contributed by atoms with Crippen LogP contribution in [0.5, 0.6) is 0 Å². The van der Waals surface area contributed by atoms with E-state index in [0.29, 0.717) is 0 Å². The highest BCUT2D eigenvalue weighted by Crippen LogP contribution is 1.44. The molecule has 1 aromatic heterocycles. The fourth-order valence-corrected chi connectivity index (χ4v) is 0.0927. The molecule has 28 valence electrons. The molecule has 0 fully saturated rings. The molecule has 0 aliphatic rings. The zero-order valence-electron chi connectivity index (χ0n) is 2.32. The maximum atomic E-state index is 9.55. The number of aromatic amines is 2. The molecule has 1 rings (SSSR count). The molecule has 1 heterocycles. The molecule has 0 atom stereocenters. The van der Waals surface area contributed by atoms with Gasteiger partial charge in [0.25, 0.3) is 0 Å². The Morgan fingerprint density at radius 2 is 2.00 bits per heavy atom. The van der Waals surface area contributed by atoms with Gasteiger partial charge in [-0.2, -0.15) is 0 Å². The third-order valence-corrected chi connectivity index (χ3v) is 0.287. The SMILES string of the molecule is O=c1[nH]o[nH]1. The predicted octanol–water partition coefficient (Wildman–Crippen LogP) is -0.704. The first kappa shape index (κ1) is 2.32. The highest BCUT2D eigenvalue weighted by atomic mass is 16.6. The highest BCUT2D eigenvalue weighted by molar-refractivity contribution is 4.33. The molecule has 0 unspecified atom stereocenters. The summed E-state index contributed by atoms with van der Waals surface area (Å²) >= 11 is 0. The van der Waals surface area contributed by atoms with Crippen molar-refractivity contribution in [3.8, 4) is 0 Å². The summed E-state index contributed by atoms with van der Waals surface area (Å²) in [5.41, 5.74) is -0.287. The van der Waals surface area contributed by atoms with Crippen molar-refractivity contribution in [2.75, 3.05) is 0 Å². The van der Waals surface area contributed by atoms with E-state index in [0.717, 1.165) is 0 Å². The Morgan fingerprint density at radius 3 is 2.00 bits per heavy atom. The van der Waals surface area contributed by atoms with Gasteiger partial charge in [-0.3, -0.25) is 4.63 Å². The number of nitrogens with one attached hydrogen (secondary N) is 2. The molecule has 0 aromatic carbocycles. The topological polar surface area (TPSA) is 61.8 Å². The van der Waals surface area contributed by atoms with Crippen molar-refractivity contribution in [3.63, 3.8) is 0 Å². The van der Waals surface area contributed by atoms with Crippen molar-refractivity contribution in [2.45, 2.75) is 0 Å². The van der Waals surface area contributed by atoms with E-state index in [9.17, 15) is 4.79 Å². The first-order valence-corrected chi connectivity index (χ1v) is 1.11. The fourth-order valence-electron chi connectivity index (χ4n) is 0.0927. The average Bonchev–Trinajstić information content (AvgIpc) is 1.30. The molecule has 0 amide bonds. The summed E-state index contributed by atoms with van der Waals surface area (Å²) < 4.78 is 3.98. The van der Waals surface area contributed by atoms with Gasteiger partial charge in [0, 0.05) is 0 Å². The van der Waals surface area contributed by atoms with E-state index >= 15 is 0 Å². The largest absolute Gasteiger partial charge is 0.384 e. The summed E-state index contributed by atoms with van der Waals surface area (Å²) in [4.78, 5) is 9.55. The van der Waals surface area contributed by atoms with Gasteiger partial charge >= 0.3 is 5.69 Å². The van der Waals surface area contributed by atoms with Gasteiger partial charge in [-0.05, 0) is 0 Å². The minimum atomic E-state index is -0.287. The molecular formula is CH2N2O2. The summed E-state index contributed by atoms with van der Waals surface area (Å²) in [6, 6.07) is 0. The van der Waals surface area contributed by atoms with Crippen molar-refractivity contribution in [2.24, 2.45) is 0 Å². The number of rotatable bonds is 0. The van der Waals surface area contributed by atoms with E-state index in [1.165, 1.54) is 0 Å². The molecule has 0 radical (unpaired) electrons. The van der Waals surface area contributed by atoms with Crippen molar-refractivity contribution in [3.05, 3.63) is 10.5 Å². The van der Waals surface area contributed by atoms with Crippen LogP contribution >= 0.6 is 0 Å². The molecule has 5 heavy (non-hydrogen) atoms. The van der Waals surface area contributed by atoms with Crippen molar-refractivity contribution in [1.82, 2.24) is 10.3 Å². The van der Waals surface area contributed by atoms with Gasteiger partial charge < -0.3 is 0 Å². The molecule has 0 bridgehead atoms. The van der Waals surface area contributed by atoms with Crippen LogP contribution in [0, 0.1) is 0 Å². The second-order valence-electron chi connectivity index (χ2n) is 0.635. The lowest BCUT2D eigenvalue weighted by Gasteiger charge is -1.77. The van der Waals surface area contributed by atoms with Gasteiger partial charge in [-0.1, -0.05) is 0 Å². The Hall–Kier alpha value is -0.930. The summed E-state index contributed by atoms with van der Waals surface area (Å²) in [6.45, 7) is 0. The molecule has 0 aliphatic carbocycles. The minimum Gasteiger partial charge on any atom is -0.288 e. The molecule has 0 saturated carbocycles. The van der Waals surface area contributed by atoms with E-state index in [1.807, 2.05) is 10.3 Å². The molecule has 2 N–H and O–H groups in total. The third kappa shape index (κ3) is 0.137.